The fourth-order valence-corrected chi connectivity index (χ4v) is 6.03. The fraction of sp³-hybridized carbons (Fsp3) is 0.303. The lowest BCUT2D eigenvalue weighted by molar-refractivity contribution is -0.274. The van der Waals surface area contributed by atoms with Gasteiger partial charge in [-0.3, -0.25) is 9.69 Å². The van der Waals surface area contributed by atoms with Gasteiger partial charge in [0.1, 0.15) is 12.1 Å². The second kappa shape index (κ2) is 13.9. The van der Waals surface area contributed by atoms with Crippen molar-refractivity contribution in [2.45, 2.75) is 46.9 Å². The van der Waals surface area contributed by atoms with Gasteiger partial charge in [-0.05, 0) is 92.4 Å². The molecule has 1 saturated heterocycles. The number of aromatic nitrogens is 3. The zero-order chi connectivity index (χ0) is 33.9. The number of hydrogen-bond donors (Lipinski definition) is 1. The predicted molar refractivity (Wildman–Crippen MR) is 179 cm³/mol. The van der Waals surface area contributed by atoms with Gasteiger partial charge in [-0.15, -0.1) is 18.3 Å². The summed E-state index contributed by atoms with van der Waals surface area (Å²) in [6, 6.07) is 16.0. The molecular weight excluding hydrogens is 631 g/mol. The number of nitrogens with one attached hydrogen (secondary N) is 1. The number of ether oxygens (including phenoxy) is 1. The molecule has 0 saturated carbocycles. The topological polar surface area (TPSA) is 105 Å². The molecule has 0 aliphatic carbocycles. The van der Waals surface area contributed by atoms with Crippen LogP contribution in [0.4, 0.5) is 35.0 Å². The summed E-state index contributed by atoms with van der Waals surface area (Å²) in [7, 11) is 0. The van der Waals surface area contributed by atoms with E-state index >= 15 is 0 Å². The summed E-state index contributed by atoms with van der Waals surface area (Å²) in [5.41, 5.74) is 5.11. The molecule has 14 heteroatoms. The van der Waals surface area contributed by atoms with Crippen molar-refractivity contribution in [1.82, 2.24) is 14.8 Å². The number of carbonyl (C=O) groups is 2. The quantitative estimate of drug-likeness (QED) is 0.195. The monoisotopic (exact) mass is 665 g/mol. The predicted octanol–water partition coefficient (Wildman–Crippen LogP) is 7.78. The molecule has 1 aromatic heterocycles. The van der Waals surface area contributed by atoms with Gasteiger partial charge < -0.3 is 15.0 Å². The first-order valence-electron chi connectivity index (χ1n) is 15.0. The maximum absolute atomic E-state index is 13.1. The zero-order valence-corrected chi connectivity index (χ0v) is 27.3. The van der Waals surface area contributed by atoms with E-state index in [1.165, 1.54) is 47.0 Å². The second-order valence-corrected chi connectivity index (χ2v) is 11.9. The third-order valence-electron chi connectivity index (χ3n) is 7.52. The third kappa shape index (κ3) is 7.76. The van der Waals surface area contributed by atoms with Gasteiger partial charge in [0.15, 0.2) is 11.0 Å². The van der Waals surface area contributed by atoms with Crippen LogP contribution in [0, 0.1) is 6.92 Å². The van der Waals surface area contributed by atoms with Crippen LogP contribution in [0.5, 0.6) is 5.75 Å². The van der Waals surface area contributed by atoms with E-state index in [9.17, 15) is 22.8 Å². The largest absolute Gasteiger partial charge is 0.573 e. The average molecular weight is 666 g/mol. The number of urea groups is 1. The number of rotatable bonds is 9. The van der Waals surface area contributed by atoms with Crippen molar-refractivity contribution in [2.75, 3.05) is 34.0 Å². The van der Waals surface area contributed by atoms with Gasteiger partial charge in [-0.2, -0.15) is 4.99 Å². The highest BCUT2D eigenvalue weighted by molar-refractivity contribution is 8.15. The summed E-state index contributed by atoms with van der Waals surface area (Å²) in [5.74, 6) is 0.225. The normalized spacial score (nSPS) is 14.3. The number of amidine groups is 1. The van der Waals surface area contributed by atoms with Crippen molar-refractivity contribution in [2.24, 2.45) is 4.99 Å². The summed E-state index contributed by atoms with van der Waals surface area (Å²) in [4.78, 5) is 38.6. The minimum absolute atomic E-state index is 0.141. The van der Waals surface area contributed by atoms with Gasteiger partial charge in [0.25, 0.3) is 0 Å². The molecule has 0 bridgehead atoms. The molecule has 1 aliphatic heterocycles. The van der Waals surface area contributed by atoms with Crippen LogP contribution in [0.15, 0.2) is 72.0 Å². The smallest absolute Gasteiger partial charge is 0.406 e. The Morgan fingerprint density at radius 3 is 2.45 bits per heavy atom. The number of aryl methyl sites for hydroxylation is 1. The number of nitrogens with zero attached hydrogens (tertiary/aromatic N) is 6. The van der Waals surface area contributed by atoms with E-state index in [1.807, 2.05) is 19.1 Å². The van der Waals surface area contributed by atoms with E-state index in [1.54, 1.807) is 23.1 Å². The van der Waals surface area contributed by atoms with Crippen molar-refractivity contribution in [3.8, 4) is 22.8 Å². The lowest BCUT2D eigenvalue weighted by Crippen LogP contribution is -2.32. The van der Waals surface area contributed by atoms with E-state index < -0.39 is 12.4 Å². The number of alkyl halides is 3. The number of benzene rings is 3. The standard InChI is InChI=1S/C33H34F3N7O3S/c1-6-41(7-2)24-11-14-26(20(3)4)28(17-24)43-29(44)18-47-32(43)39-31(45)38-27-15-8-22(16-21(27)5)30-37-19-42(40-30)23-9-12-25(13-10-23)46-33(34,35)36/h8-17,19-20H,6-7,18H2,1-5H3,(H,38,45). The van der Waals surface area contributed by atoms with Crippen LogP contribution in [0.2, 0.25) is 0 Å². The lowest BCUT2D eigenvalue weighted by atomic mass is 9.99. The molecule has 47 heavy (non-hydrogen) atoms. The van der Waals surface area contributed by atoms with Gasteiger partial charge in [-0.25, -0.2) is 14.5 Å². The van der Waals surface area contributed by atoms with Crippen LogP contribution in [-0.4, -0.2) is 57.1 Å². The van der Waals surface area contributed by atoms with Crippen molar-refractivity contribution >= 4 is 45.9 Å². The molecule has 3 amide bonds. The Morgan fingerprint density at radius 2 is 1.81 bits per heavy atom. The molecule has 0 radical (unpaired) electrons. The molecule has 1 fully saturated rings. The molecule has 0 unspecified atom stereocenters. The third-order valence-corrected chi connectivity index (χ3v) is 8.44. The van der Waals surface area contributed by atoms with Gasteiger partial charge >= 0.3 is 12.4 Å². The summed E-state index contributed by atoms with van der Waals surface area (Å²) in [6.45, 7) is 11.7. The molecule has 0 spiro atoms. The molecule has 1 aliphatic rings. The van der Waals surface area contributed by atoms with Crippen molar-refractivity contribution < 1.29 is 27.5 Å². The number of carbonyl (C=O) groups excluding carboxylic acids is 2. The number of thioether (sulfide) groups is 1. The Hall–Kier alpha value is -4.85. The molecule has 1 N–H and O–H groups in total. The first-order valence-corrected chi connectivity index (χ1v) is 16.0. The summed E-state index contributed by atoms with van der Waals surface area (Å²) in [6.07, 6.45) is -3.33. The van der Waals surface area contributed by atoms with Crippen LogP contribution < -0.4 is 19.9 Å². The molecule has 0 atom stereocenters. The summed E-state index contributed by atoms with van der Waals surface area (Å²) >= 11 is 1.22. The fourth-order valence-electron chi connectivity index (χ4n) is 5.17. The van der Waals surface area contributed by atoms with Crippen LogP contribution >= 0.6 is 11.8 Å². The SMILES string of the molecule is CCN(CC)c1ccc(C(C)C)c(N2C(=O)CSC2=NC(=O)Nc2ccc(-c3ncn(-c4ccc(OC(F)(F)F)cc4)n3)cc2C)c1. The number of anilines is 3. The second-order valence-electron chi connectivity index (χ2n) is 11.0. The van der Waals surface area contributed by atoms with Crippen LogP contribution in [-0.2, 0) is 4.79 Å². The molecule has 3 aromatic carbocycles. The highest BCUT2D eigenvalue weighted by Gasteiger charge is 2.33. The molecule has 4 aromatic rings. The van der Waals surface area contributed by atoms with Crippen molar-refractivity contribution in [1.29, 1.82) is 0 Å². The van der Waals surface area contributed by atoms with Gasteiger partial charge in [-0.1, -0.05) is 31.7 Å². The van der Waals surface area contributed by atoms with E-state index in [0.29, 0.717) is 27.9 Å². The van der Waals surface area contributed by atoms with Crippen LogP contribution in [0.1, 0.15) is 44.7 Å². The van der Waals surface area contributed by atoms with E-state index in [0.717, 1.165) is 35.6 Å². The lowest BCUT2D eigenvalue weighted by Gasteiger charge is -2.26. The maximum atomic E-state index is 13.1. The first kappa shape index (κ1) is 33.5. The summed E-state index contributed by atoms with van der Waals surface area (Å²) < 4.78 is 42.8. The Labute approximate surface area is 274 Å². The van der Waals surface area contributed by atoms with Gasteiger partial charge in [0, 0.05) is 30.0 Å². The zero-order valence-electron chi connectivity index (χ0n) is 26.5. The number of aliphatic imine (C=N–C) groups is 1. The summed E-state index contributed by atoms with van der Waals surface area (Å²) in [5, 5.41) is 7.57. The number of halogens is 3. The molecule has 2 heterocycles. The van der Waals surface area contributed by atoms with E-state index in [4.69, 9.17) is 0 Å². The Kier molecular flexibility index (Phi) is 9.89. The average Bonchev–Trinajstić information content (AvgIpc) is 3.65. The Morgan fingerprint density at radius 1 is 1.09 bits per heavy atom. The van der Waals surface area contributed by atoms with Crippen molar-refractivity contribution in [3.63, 3.8) is 0 Å². The van der Waals surface area contributed by atoms with E-state index in [-0.39, 0.29) is 23.3 Å². The molecule has 246 valence electrons. The highest BCUT2D eigenvalue weighted by atomic mass is 32.2. The minimum atomic E-state index is -4.78. The maximum Gasteiger partial charge on any atom is 0.573 e. The number of hydrogen-bond acceptors (Lipinski definition) is 7. The highest BCUT2D eigenvalue weighted by Crippen LogP contribution is 2.36. The van der Waals surface area contributed by atoms with Crippen molar-refractivity contribution in [3.05, 3.63) is 78.1 Å². The molecular formula is C33H34F3N7O3S. The van der Waals surface area contributed by atoms with Crippen LogP contribution in [0.25, 0.3) is 17.1 Å². The van der Waals surface area contributed by atoms with E-state index in [2.05, 4.69) is 63.8 Å². The first-order chi connectivity index (χ1) is 22.4. The minimum Gasteiger partial charge on any atom is -0.406 e. The molecule has 5 rings (SSSR count). The Bertz CT molecular complexity index is 1800. The number of amides is 3. The van der Waals surface area contributed by atoms with Gasteiger partial charge in [0.2, 0.25) is 5.91 Å². The van der Waals surface area contributed by atoms with Gasteiger partial charge in [0.05, 0.1) is 17.1 Å². The van der Waals surface area contributed by atoms with Crippen LogP contribution in [0.3, 0.4) is 0 Å². The molecule has 10 nitrogen and oxygen atoms in total. The Balaban J connectivity index is 1.33.